The third-order valence-electron chi connectivity index (χ3n) is 1.71. The molecule has 0 bridgehead atoms. The lowest BCUT2D eigenvalue weighted by molar-refractivity contribution is -0.125. The van der Waals surface area contributed by atoms with E-state index in [9.17, 15) is 4.79 Å². The molecule has 4 nitrogen and oxygen atoms in total. The minimum Gasteiger partial charge on any atom is -0.378 e. The zero-order valence-corrected chi connectivity index (χ0v) is 5.96. The molecule has 0 aromatic rings. The first-order valence-electron chi connectivity index (χ1n) is 3.36. The molecule has 1 rings (SSSR count). The van der Waals surface area contributed by atoms with Crippen LogP contribution >= 0.6 is 0 Å². The van der Waals surface area contributed by atoms with E-state index >= 15 is 0 Å². The molecular formula is C6H12N2O2. The number of nitrogens with one attached hydrogen (secondary N) is 1. The molecule has 4 heteroatoms. The molecule has 0 unspecified atom stereocenters. The Kier molecular flexibility index (Phi) is 2.24. The van der Waals surface area contributed by atoms with Crippen LogP contribution < -0.4 is 11.3 Å². The monoisotopic (exact) mass is 144 g/mol. The van der Waals surface area contributed by atoms with Crippen LogP contribution in [0.5, 0.6) is 0 Å². The van der Waals surface area contributed by atoms with Crippen LogP contribution in [0, 0.1) is 5.92 Å². The van der Waals surface area contributed by atoms with Gasteiger partial charge in [0.2, 0.25) is 5.91 Å². The number of amides is 1. The Morgan fingerprint density at radius 3 is 2.90 bits per heavy atom. The maximum Gasteiger partial charge on any atom is 0.239 e. The van der Waals surface area contributed by atoms with Gasteiger partial charge in [-0.3, -0.25) is 10.2 Å². The predicted molar refractivity (Wildman–Crippen MR) is 35.9 cm³/mol. The van der Waals surface area contributed by atoms with Crippen molar-refractivity contribution in [2.45, 2.75) is 19.4 Å². The van der Waals surface area contributed by atoms with Gasteiger partial charge >= 0.3 is 0 Å². The third kappa shape index (κ3) is 1.46. The van der Waals surface area contributed by atoms with Gasteiger partial charge < -0.3 is 4.74 Å². The number of hydrazine groups is 1. The molecule has 1 heterocycles. The van der Waals surface area contributed by atoms with Crippen molar-refractivity contribution >= 4 is 5.91 Å². The molecule has 1 amide bonds. The molecule has 0 radical (unpaired) electrons. The van der Waals surface area contributed by atoms with E-state index in [1.54, 1.807) is 0 Å². The van der Waals surface area contributed by atoms with Gasteiger partial charge in [0.1, 0.15) is 0 Å². The first-order valence-corrected chi connectivity index (χ1v) is 3.36. The molecule has 1 saturated heterocycles. The van der Waals surface area contributed by atoms with Gasteiger partial charge in [-0.15, -0.1) is 0 Å². The number of carbonyl (C=O) groups excluding carboxylic acids is 1. The smallest absolute Gasteiger partial charge is 0.239 e. The summed E-state index contributed by atoms with van der Waals surface area (Å²) in [5, 5.41) is 0. The Hall–Kier alpha value is -0.610. The molecule has 1 aliphatic heterocycles. The van der Waals surface area contributed by atoms with Crippen molar-refractivity contribution in [1.29, 1.82) is 0 Å². The van der Waals surface area contributed by atoms with Crippen LogP contribution in [-0.4, -0.2) is 18.6 Å². The molecule has 0 spiro atoms. The van der Waals surface area contributed by atoms with Crippen LogP contribution in [0.2, 0.25) is 0 Å². The summed E-state index contributed by atoms with van der Waals surface area (Å²) < 4.78 is 5.17. The Labute approximate surface area is 59.7 Å². The summed E-state index contributed by atoms with van der Waals surface area (Å²) in [6, 6.07) is 0. The topological polar surface area (TPSA) is 64.4 Å². The molecule has 0 aromatic heterocycles. The van der Waals surface area contributed by atoms with Crippen molar-refractivity contribution in [3.63, 3.8) is 0 Å². The van der Waals surface area contributed by atoms with Gasteiger partial charge in [-0.2, -0.15) is 0 Å². The van der Waals surface area contributed by atoms with Gasteiger partial charge in [0, 0.05) is 0 Å². The average molecular weight is 144 g/mol. The maximum absolute atomic E-state index is 10.8. The average Bonchev–Trinajstić information content (AvgIpc) is 2.34. The molecule has 1 fully saturated rings. The summed E-state index contributed by atoms with van der Waals surface area (Å²) in [5.41, 5.74) is 2.11. The first kappa shape index (κ1) is 7.50. The van der Waals surface area contributed by atoms with E-state index in [2.05, 4.69) is 5.43 Å². The Bertz CT molecular complexity index is 138. The van der Waals surface area contributed by atoms with Crippen LogP contribution in [0.1, 0.15) is 13.3 Å². The normalized spacial score (nSPS) is 32.2. The third-order valence-corrected chi connectivity index (χ3v) is 1.71. The fourth-order valence-corrected chi connectivity index (χ4v) is 1.12. The van der Waals surface area contributed by atoms with Gasteiger partial charge in [0.15, 0.2) is 0 Å². The maximum atomic E-state index is 10.8. The van der Waals surface area contributed by atoms with E-state index in [-0.39, 0.29) is 17.9 Å². The Morgan fingerprint density at radius 2 is 2.50 bits per heavy atom. The van der Waals surface area contributed by atoms with E-state index in [1.165, 1.54) is 0 Å². The number of rotatable bonds is 1. The number of hydrogen-bond acceptors (Lipinski definition) is 3. The highest BCUT2D eigenvalue weighted by Gasteiger charge is 2.27. The Morgan fingerprint density at radius 1 is 1.80 bits per heavy atom. The number of carbonyl (C=O) groups is 1. The number of hydrogen-bond donors (Lipinski definition) is 2. The summed E-state index contributed by atoms with van der Waals surface area (Å²) in [5.74, 6) is 4.78. The molecule has 3 N–H and O–H groups in total. The van der Waals surface area contributed by atoms with Gasteiger partial charge in [-0.25, -0.2) is 5.84 Å². The minimum absolute atomic E-state index is 0.0417. The SMILES string of the molecule is C[C@@H]1C[C@@H](C(=O)NN)CO1. The van der Waals surface area contributed by atoms with E-state index in [0.717, 1.165) is 6.42 Å². The van der Waals surface area contributed by atoms with E-state index < -0.39 is 0 Å². The molecule has 0 aromatic carbocycles. The van der Waals surface area contributed by atoms with Crippen LogP contribution in [0.25, 0.3) is 0 Å². The summed E-state index contributed by atoms with van der Waals surface area (Å²) in [6.07, 6.45) is 0.977. The quantitative estimate of drug-likeness (QED) is 0.293. The van der Waals surface area contributed by atoms with Crippen molar-refractivity contribution in [2.75, 3.05) is 6.61 Å². The summed E-state index contributed by atoms with van der Waals surface area (Å²) in [7, 11) is 0. The second kappa shape index (κ2) is 2.98. The highest BCUT2D eigenvalue weighted by molar-refractivity contribution is 5.78. The van der Waals surface area contributed by atoms with E-state index in [0.29, 0.717) is 6.61 Å². The number of nitrogens with two attached hydrogens (primary N) is 1. The van der Waals surface area contributed by atoms with E-state index in [4.69, 9.17) is 10.6 Å². The highest BCUT2D eigenvalue weighted by Crippen LogP contribution is 2.18. The second-order valence-corrected chi connectivity index (χ2v) is 2.59. The highest BCUT2D eigenvalue weighted by atomic mass is 16.5. The zero-order chi connectivity index (χ0) is 7.56. The minimum atomic E-state index is -0.121. The van der Waals surface area contributed by atoms with Gasteiger partial charge in [0.25, 0.3) is 0 Å². The molecule has 1 aliphatic rings. The van der Waals surface area contributed by atoms with Crippen LogP contribution in [0.3, 0.4) is 0 Å². The zero-order valence-electron chi connectivity index (χ0n) is 5.96. The lowest BCUT2D eigenvalue weighted by atomic mass is 10.1. The van der Waals surface area contributed by atoms with Gasteiger partial charge in [-0.05, 0) is 13.3 Å². The predicted octanol–water partition coefficient (Wildman–Crippen LogP) is -0.599. The number of ether oxygens (including phenoxy) is 1. The van der Waals surface area contributed by atoms with Crippen LogP contribution in [0.15, 0.2) is 0 Å². The molecule has 10 heavy (non-hydrogen) atoms. The molecule has 0 aliphatic carbocycles. The fourth-order valence-electron chi connectivity index (χ4n) is 1.12. The molecule has 2 atom stereocenters. The van der Waals surface area contributed by atoms with Crippen molar-refractivity contribution in [3.8, 4) is 0 Å². The van der Waals surface area contributed by atoms with Crippen molar-refractivity contribution in [1.82, 2.24) is 5.43 Å². The second-order valence-electron chi connectivity index (χ2n) is 2.59. The Balaban J connectivity index is 2.37. The van der Waals surface area contributed by atoms with Gasteiger partial charge in [-0.1, -0.05) is 0 Å². The van der Waals surface area contributed by atoms with E-state index in [1.807, 2.05) is 6.92 Å². The molecule has 58 valence electrons. The first-order chi connectivity index (χ1) is 4.74. The standard InChI is InChI=1S/C6H12N2O2/c1-4-2-5(3-10-4)6(9)8-7/h4-5H,2-3,7H2,1H3,(H,8,9)/t4-,5-/m1/s1. The largest absolute Gasteiger partial charge is 0.378 e. The molecular weight excluding hydrogens is 132 g/mol. The van der Waals surface area contributed by atoms with Crippen molar-refractivity contribution < 1.29 is 9.53 Å². The van der Waals surface area contributed by atoms with Gasteiger partial charge in [0.05, 0.1) is 18.6 Å². The molecule has 0 saturated carbocycles. The lowest BCUT2D eigenvalue weighted by Crippen LogP contribution is -2.36. The van der Waals surface area contributed by atoms with Crippen molar-refractivity contribution in [2.24, 2.45) is 11.8 Å². The van der Waals surface area contributed by atoms with Crippen LogP contribution in [-0.2, 0) is 9.53 Å². The van der Waals surface area contributed by atoms with Crippen molar-refractivity contribution in [3.05, 3.63) is 0 Å². The summed E-state index contributed by atoms with van der Waals surface area (Å²) in [4.78, 5) is 10.8. The lowest BCUT2D eigenvalue weighted by Gasteiger charge is -2.03. The summed E-state index contributed by atoms with van der Waals surface area (Å²) >= 11 is 0. The van der Waals surface area contributed by atoms with Crippen LogP contribution in [0.4, 0.5) is 0 Å². The fraction of sp³-hybridized carbons (Fsp3) is 0.833. The summed E-state index contributed by atoms with van der Waals surface area (Å²) in [6.45, 7) is 2.45.